The van der Waals surface area contributed by atoms with Crippen LogP contribution in [0, 0.1) is 11.8 Å². The van der Waals surface area contributed by atoms with E-state index in [-0.39, 0.29) is 6.42 Å². The highest BCUT2D eigenvalue weighted by molar-refractivity contribution is 5.98. The van der Waals surface area contributed by atoms with Gasteiger partial charge in [0.05, 0.1) is 14.2 Å². The Kier molecular flexibility index (Phi) is 8.63. The van der Waals surface area contributed by atoms with Gasteiger partial charge >= 0.3 is 11.9 Å². The van der Waals surface area contributed by atoms with E-state index in [0.717, 1.165) is 26.8 Å². The Morgan fingerprint density at radius 2 is 1.57 bits per heavy atom. The summed E-state index contributed by atoms with van der Waals surface area (Å²) >= 11 is 0. The first kappa shape index (κ1) is 25.5. The normalized spacial score (nSPS) is 11.3. The van der Waals surface area contributed by atoms with Gasteiger partial charge in [0, 0.05) is 17.9 Å². The minimum absolute atomic E-state index is 0.172. The second kappa shape index (κ2) is 11.8. The van der Waals surface area contributed by atoms with E-state index < -0.39 is 30.4 Å². The summed E-state index contributed by atoms with van der Waals surface area (Å²) in [5.74, 6) is 3.84. The van der Waals surface area contributed by atoms with Crippen molar-refractivity contribution < 1.29 is 23.9 Å². The average molecular weight is 472 g/mol. The Hall–Kier alpha value is -4.11. The van der Waals surface area contributed by atoms with Crippen LogP contribution in [0.3, 0.4) is 0 Å². The molecule has 3 aromatic carbocycles. The highest BCUT2D eigenvalue weighted by Gasteiger charge is 2.32. The van der Waals surface area contributed by atoms with Crippen molar-refractivity contribution in [1.29, 1.82) is 0 Å². The first-order chi connectivity index (χ1) is 16.8. The van der Waals surface area contributed by atoms with E-state index in [4.69, 9.17) is 9.47 Å². The van der Waals surface area contributed by atoms with E-state index in [0.29, 0.717) is 11.5 Å². The Morgan fingerprint density at radius 1 is 0.886 bits per heavy atom. The molecule has 0 N–H and O–H groups in total. The molecule has 0 bridgehead atoms. The number of amides is 1. The summed E-state index contributed by atoms with van der Waals surface area (Å²) in [5.41, 5.74) is 2.64. The zero-order chi connectivity index (χ0) is 25.4. The number of hydrogen-bond acceptors (Lipinski definition) is 5. The lowest BCUT2D eigenvalue weighted by Crippen LogP contribution is -2.49. The minimum atomic E-state index is -1.04. The molecule has 1 unspecified atom stereocenters. The molecule has 0 aliphatic rings. The molecule has 0 aromatic heterocycles. The van der Waals surface area contributed by atoms with Crippen LogP contribution in [0.1, 0.15) is 36.5 Å². The molecule has 3 aromatic rings. The van der Waals surface area contributed by atoms with Crippen LogP contribution in [0.15, 0.2) is 66.7 Å². The molecule has 0 spiro atoms. The summed E-state index contributed by atoms with van der Waals surface area (Å²) < 4.78 is 9.74. The predicted octanol–water partition coefficient (Wildman–Crippen LogP) is 4.10. The molecule has 0 saturated heterocycles. The van der Waals surface area contributed by atoms with Crippen LogP contribution >= 0.6 is 0 Å². The van der Waals surface area contributed by atoms with Gasteiger partial charge in [0.25, 0.3) is 5.91 Å². The third kappa shape index (κ3) is 6.70. The maximum atomic E-state index is 13.2. The lowest BCUT2D eigenvalue weighted by atomic mass is 9.98. The van der Waals surface area contributed by atoms with Gasteiger partial charge in [-0.1, -0.05) is 74.4 Å². The number of nitrogens with zero attached hydrogens (tertiary/aromatic N) is 1. The number of hydrogen-bond donors (Lipinski definition) is 0. The zero-order valence-electron chi connectivity index (χ0n) is 20.4. The van der Waals surface area contributed by atoms with Crippen LogP contribution in [0.5, 0.6) is 0 Å². The largest absolute Gasteiger partial charge is 0.468 e. The molecule has 0 radical (unpaired) electrons. The van der Waals surface area contributed by atoms with Gasteiger partial charge in [-0.2, -0.15) is 0 Å². The second-order valence-electron chi connectivity index (χ2n) is 8.46. The average Bonchev–Trinajstić information content (AvgIpc) is 2.88. The highest BCUT2D eigenvalue weighted by atomic mass is 16.5. The summed E-state index contributed by atoms with van der Waals surface area (Å²) in [5, 5.41) is 2.06. The van der Waals surface area contributed by atoms with Gasteiger partial charge in [-0.15, -0.1) is 0 Å². The van der Waals surface area contributed by atoms with Crippen molar-refractivity contribution in [3.8, 4) is 11.8 Å². The van der Waals surface area contributed by atoms with Crippen LogP contribution in [0.2, 0.25) is 0 Å². The molecule has 0 aliphatic heterocycles. The number of rotatable bonds is 7. The topological polar surface area (TPSA) is 72.9 Å². The molecular formula is C29H29NO5. The Morgan fingerprint density at radius 3 is 2.20 bits per heavy atom. The molecule has 0 aliphatic carbocycles. The molecule has 6 heteroatoms. The summed E-state index contributed by atoms with van der Waals surface area (Å²) in [7, 11) is 2.47. The van der Waals surface area contributed by atoms with Gasteiger partial charge in [-0.3, -0.25) is 9.59 Å². The van der Waals surface area contributed by atoms with Gasteiger partial charge in [0.1, 0.15) is 12.6 Å². The zero-order valence-corrected chi connectivity index (χ0v) is 20.4. The first-order valence-corrected chi connectivity index (χ1v) is 11.4. The molecular weight excluding hydrogens is 442 g/mol. The van der Waals surface area contributed by atoms with Crippen LogP contribution < -0.4 is 0 Å². The molecule has 1 amide bonds. The monoisotopic (exact) mass is 471 g/mol. The number of fused-ring (bicyclic) bond motifs is 1. The Labute approximate surface area is 205 Å². The summed E-state index contributed by atoms with van der Waals surface area (Å²) in [6.07, 6.45) is 0.172. The first-order valence-electron chi connectivity index (χ1n) is 11.4. The van der Waals surface area contributed by atoms with Crippen LogP contribution in [-0.4, -0.2) is 49.6 Å². The molecule has 1 atom stereocenters. The maximum absolute atomic E-state index is 13.2. The standard InChI is InChI=1S/C29H29NO5/c1-20(2)23-13-9-22(10-14-23)18-26(29(33)35-4)30(19-28(32)34-3)27(31)16-12-21-11-15-24-7-5-6-8-25(24)17-21/h5-11,13-15,17,20,26H,18-19H2,1-4H3. The van der Waals surface area contributed by atoms with Crippen molar-refractivity contribution in [2.75, 3.05) is 20.8 Å². The fourth-order valence-electron chi connectivity index (χ4n) is 3.71. The number of carbonyl (C=O) groups is 3. The van der Waals surface area contributed by atoms with E-state index in [1.54, 1.807) is 0 Å². The van der Waals surface area contributed by atoms with E-state index >= 15 is 0 Å². The lowest BCUT2D eigenvalue weighted by Gasteiger charge is -2.27. The van der Waals surface area contributed by atoms with E-state index in [1.807, 2.05) is 66.7 Å². The van der Waals surface area contributed by atoms with Crippen LogP contribution in [-0.2, 0) is 30.3 Å². The number of benzene rings is 3. The van der Waals surface area contributed by atoms with Gasteiger partial charge < -0.3 is 14.4 Å². The lowest BCUT2D eigenvalue weighted by molar-refractivity contribution is -0.155. The number of methoxy groups -OCH3 is 2. The number of esters is 2. The third-order valence-corrected chi connectivity index (χ3v) is 5.78. The van der Waals surface area contributed by atoms with E-state index in [2.05, 4.69) is 25.7 Å². The van der Waals surface area contributed by atoms with Crippen molar-refractivity contribution in [3.63, 3.8) is 0 Å². The predicted molar refractivity (Wildman–Crippen MR) is 135 cm³/mol. The van der Waals surface area contributed by atoms with Gasteiger partial charge in [-0.05, 0) is 39.9 Å². The van der Waals surface area contributed by atoms with Crippen molar-refractivity contribution >= 4 is 28.6 Å². The maximum Gasteiger partial charge on any atom is 0.328 e. The Balaban J connectivity index is 1.91. The van der Waals surface area contributed by atoms with Gasteiger partial charge in [0.2, 0.25) is 0 Å². The number of ether oxygens (including phenoxy) is 2. The molecule has 0 fully saturated rings. The SMILES string of the molecule is COC(=O)CN(C(=O)C#Cc1ccc2ccccc2c1)C(Cc1ccc(C(C)C)cc1)C(=O)OC. The van der Waals surface area contributed by atoms with Crippen molar-refractivity contribution in [2.45, 2.75) is 32.2 Å². The Bertz CT molecular complexity index is 1270. The van der Waals surface area contributed by atoms with Crippen molar-refractivity contribution in [1.82, 2.24) is 4.90 Å². The van der Waals surface area contributed by atoms with E-state index in [9.17, 15) is 14.4 Å². The van der Waals surface area contributed by atoms with Crippen molar-refractivity contribution in [3.05, 3.63) is 83.4 Å². The quantitative estimate of drug-likeness (QED) is 0.383. The van der Waals surface area contributed by atoms with Gasteiger partial charge in [0.15, 0.2) is 0 Å². The van der Waals surface area contributed by atoms with Crippen LogP contribution in [0.4, 0.5) is 0 Å². The molecule has 0 saturated carbocycles. The molecule has 35 heavy (non-hydrogen) atoms. The van der Waals surface area contributed by atoms with Crippen LogP contribution in [0.25, 0.3) is 10.8 Å². The fraction of sp³-hybridized carbons (Fsp3) is 0.276. The number of carbonyl (C=O) groups excluding carboxylic acids is 3. The molecule has 6 nitrogen and oxygen atoms in total. The van der Waals surface area contributed by atoms with E-state index in [1.165, 1.54) is 14.2 Å². The highest BCUT2D eigenvalue weighted by Crippen LogP contribution is 2.18. The summed E-state index contributed by atoms with van der Waals surface area (Å²) in [4.78, 5) is 39.1. The summed E-state index contributed by atoms with van der Waals surface area (Å²) in [6, 6.07) is 20.2. The second-order valence-corrected chi connectivity index (χ2v) is 8.46. The molecule has 3 rings (SSSR count). The fourth-order valence-corrected chi connectivity index (χ4v) is 3.71. The summed E-state index contributed by atoms with van der Waals surface area (Å²) in [6.45, 7) is 3.76. The van der Waals surface area contributed by atoms with Gasteiger partial charge in [-0.25, -0.2) is 4.79 Å². The molecule has 180 valence electrons. The minimum Gasteiger partial charge on any atom is -0.468 e. The smallest absolute Gasteiger partial charge is 0.328 e. The van der Waals surface area contributed by atoms with Crippen molar-refractivity contribution in [2.24, 2.45) is 0 Å². The molecule has 0 heterocycles. The third-order valence-electron chi connectivity index (χ3n) is 5.78.